The molecule has 4 rings (SSSR count). The number of aryl methyl sites for hydroxylation is 2. The van der Waals surface area contributed by atoms with Gasteiger partial charge in [0.1, 0.15) is 5.75 Å². The third-order valence-corrected chi connectivity index (χ3v) is 5.13. The van der Waals surface area contributed by atoms with E-state index in [2.05, 4.69) is 5.10 Å². The SMILES string of the molecule is CC.COc1cc2c(C(=O)n3ccc(C)n3)cc3cc(OC)c(OC)cc3c2cc1C. The summed E-state index contributed by atoms with van der Waals surface area (Å²) >= 11 is 0. The number of benzene rings is 3. The second-order valence-electron chi connectivity index (χ2n) is 6.93. The molecule has 162 valence electrons. The predicted molar refractivity (Wildman–Crippen MR) is 124 cm³/mol. The van der Waals surface area contributed by atoms with Crippen molar-refractivity contribution in [3.05, 3.63) is 59.4 Å². The number of fused-ring (bicyclic) bond motifs is 3. The maximum Gasteiger partial charge on any atom is 0.278 e. The molecular formula is C25H28N2O4. The standard InChI is InChI=1S/C23H22N2O4.C2H6/c1-13-8-17-16-11-22(29-5)21(28-4)10-15(16)9-19(18(17)12-20(13)27-3)23(26)25-7-6-14(2)24-25;1-2/h6-12H,1-5H3;1-2H3. The fourth-order valence-electron chi connectivity index (χ4n) is 3.66. The van der Waals surface area contributed by atoms with Gasteiger partial charge in [-0.2, -0.15) is 5.10 Å². The second kappa shape index (κ2) is 9.08. The van der Waals surface area contributed by atoms with Crippen LogP contribution in [0, 0.1) is 13.8 Å². The van der Waals surface area contributed by atoms with E-state index in [1.54, 1.807) is 33.6 Å². The summed E-state index contributed by atoms with van der Waals surface area (Å²) in [7, 11) is 4.83. The lowest BCUT2D eigenvalue weighted by molar-refractivity contribution is 0.0946. The Labute approximate surface area is 182 Å². The quantitative estimate of drug-likeness (QED) is 0.405. The minimum absolute atomic E-state index is 0.203. The number of hydrogen-bond donors (Lipinski definition) is 0. The van der Waals surface area contributed by atoms with E-state index in [-0.39, 0.29) is 5.91 Å². The molecular weight excluding hydrogens is 392 g/mol. The van der Waals surface area contributed by atoms with E-state index in [4.69, 9.17) is 14.2 Å². The summed E-state index contributed by atoms with van der Waals surface area (Å²) in [4.78, 5) is 13.3. The highest BCUT2D eigenvalue weighted by atomic mass is 16.5. The molecule has 0 atom stereocenters. The van der Waals surface area contributed by atoms with Gasteiger partial charge in [0, 0.05) is 6.20 Å². The number of nitrogens with zero attached hydrogens (tertiary/aromatic N) is 2. The van der Waals surface area contributed by atoms with E-state index >= 15 is 0 Å². The van der Waals surface area contributed by atoms with Gasteiger partial charge in [-0.3, -0.25) is 4.79 Å². The highest BCUT2D eigenvalue weighted by molar-refractivity contribution is 6.18. The fourth-order valence-corrected chi connectivity index (χ4v) is 3.66. The largest absolute Gasteiger partial charge is 0.496 e. The van der Waals surface area contributed by atoms with Gasteiger partial charge in [-0.1, -0.05) is 13.8 Å². The maximum atomic E-state index is 13.3. The minimum atomic E-state index is -0.203. The highest BCUT2D eigenvalue weighted by Gasteiger charge is 2.19. The van der Waals surface area contributed by atoms with Gasteiger partial charge in [0.15, 0.2) is 11.5 Å². The van der Waals surface area contributed by atoms with Gasteiger partial charge in [-0.05, 0) is 77.4 Å². The van der Waals surface area contributed by atoms with E-state index in [9.17, 15) is 4.79 Å². The maximum absolute atomic E-state index is 13.3. The zero-order valence-electron chi connectivity index (χ0n) is 19.1. The Hall–Kier alpha value is -3.54. The summed E-state index contributed by atoms with van der Waals surface area (Å²) in [6, 6.07) is 11.4. The van der Waals surface area contributed by atoms with Crippen LogP contribution in [0.1, 0.15) is 35.5 Å². The fraction of sp³-hybridized carbons (Fsp3) is 0.280. The van der Waals surface area contributed by atoms with Crippen LogP contribution >= 0.6 is 0 Å². The summed E-state index contributed by atoms with van der Waals surface area (Å²) in [5, 5.41) is 7.87. The predicted octanol–water partition coefficient (Wildman–Crippen LogP) is 5.55. The van der Waals surface area contributed by atoms with Crippen molar-refractivity contribution in [1.82, 2.24) is 9.78 Å². The molecule has 0 spiro atoms. The summed E-state index contributed by atoms with van der Waals surface area (Å²) in [5.74, 6) is 1.77. The van der Waals surface area contributed by atoms with Crippen molar-refractivity contribution in [2.75, 3.05) is 21.3 Å². The van der Waals surface area contributed by atoms with Gasteiger partial charge in [-0.25, -0.2) is 4.68 Å². The first-order chi connectivity index (χ1) is 15.0. The molecule has 0 saturated carbocycles. The van der Waals surface area contributed by atoms with Crippen LogP contribution < -0.4 is 14.2 Å². The number of ether oxygens (including phenoxy) is 3. The van der Waals surface area contributed by atoms with Crippen molar-refractivity contribution in [2.24, 2.45) is 0 Å². The first-order valence-electron chi connectivity index (χ1n) is 10.2. The van der Waals surface area contributed by atoms with Crippen LogP contribution in [0.2, 0.25) is 0 Å². The Morgan fingerprint density at radius 1 is 0.806 bits per heavy atom. The molecule has 0 bridgehead atoms. The van der Waals surface area contributed by atoms with Crippen LogP contribution in [-0.2, 0) is 0 Å². The van der Waals surface area contributed by atoms with E-state index in [0.29, 0.717) is 17.1 Å². The Kier molecular flexibility index (Phi) is 6.49. The second-order valence-corrected chi connectivity index (χ2v) is 6.93. The molecule has 0 saturated heterocycles. The van der Waals surface area contributed by atoms with Crippen LogP contribution in [0.4, 0.5) is 0 Å². The summed E-state index contributed by atoms with van der Waals surface area (Å²) in [5.41, 5.74) is 2.31. The molecule has 0 aliphatic rings. The Morgan fingerprint density at radius 2 is 1.42 bits per heavy atom. The molecule has 6 nitrogen and oxygen atoms in total. The monoisotopic (exact) mass is 420 g/mol. The zero-order valence-corrected chi connectivity index (χ0v) is 19.1. The lowest BCUT2D eigenvalue weighted by Gasteiger charge is -2.15. The molecule has 0 fully saturated rings. The lowest BCUT2D eigenvalue weighted by atomic mass is 9.94. The Balaban J connectivity index is 0.00000132. The van der Waals surface area contributed by atoms with Crippen LogP contribution in [-0.4, -0.2) is 37.0 Å². The molecule has 0 aliphatic heterocycles. The van der Waals surface area contributed by atoms with Gasteiger partial charge < -0.3 is 14.2 Å². The summed E-state index contributed by atoms with van der Waals surface area (Å²) in [6.45, 7) is 7.84. The van der Waals surface area contributed by atoms with Crippen molar-refractivity contribution in [2.45, 2.75) is 27.7 Å². The first kappa shape index (κ1) is 22.2. The average molecular weight is 421 g/mol. The van der Waals surface area contributed by atoms with E-state index in [1.807, 2.05) is 58.0 Å². The third kappa shape index (κ3) is 3.93. The molecule has 1 heterocycles. The van der Waals surface area contributed by atoms with Gasteiger partial charge in [0.25, 0.3) is 5.91 Å². The normalized spacial score (nSPS) is 10.5. The van der Waals surface area contributed by atoms with Crippen LogP contribution in [0.5, 0.6) is 17.2 Å². The number of rotatable bonds is 4. The highest BCUT2D eigenvalue weighted by Crippen LogP contribution is 2.39. The van der Waals surface area contributed by atoms with Crippen LogP contribution in [0.15, 0.2) is 42.6 Å². The van der Waals surface area contributed by atoms with Crippen LogP contribution in [0.3, 0.4) is 0 Å². The molecule has 0 radical (unpaired) electrons. The van der Waals surface area contributed by atoms with Gasteiger partial charge in [0.2, 0.25) is 0 Å². The minimum Gasteiger partial charge on any atom is -0.496 e. The molecule has 0 amide bonds. The number of methoxy groups -OCH3 is 3. The Morgan fingerprint density at radius 3 is 2.00 bits per heavy atom. The Bertz CT molecular complexity index is 1260. The molecule has 0 aliphatic carbocycles. The lowest BCUT2D eigenvalue weighted by Crippen LogP contribution is -2.13. The van der Waals surface area contributed by atoms with E-state index in [1.165, 1.54) is 4.68 Å². The van der Waals surface area contributed by atoms with Crippen molar-refractivity contribution in [1.29, 1.82) is 0 Å². The van der Waals surface area contributed by atoms with Crippen molar-refractivity contribution in [3.63, 3.8) is 0 Å². The topological polar surface area (TPSA) is 62.6 Å². The summed E-state index contributed by atoms with van der Waals surface area (Å²) < 4.78 is 17.8. The molecule has 6 heteroatoms. The van der Waals surface area contributed by atoms with E-state index < -0.39 is 0 Å². The molecule has 0 unspecified atom stereocenters. The number of aromatic nitrogens is 2. The van der Waals surface area contributed by atoms with Gasteiger partial charge >= 0.3 is 0 Å². The van der Waals surface area contributed by atoms with Crippen molar-refractivity contribution < 1.29 is 19.0 Å². The van der Waals surface area contributed by atoms with Crippen molar-refractivity contribution >= 4 is 27.5 Å². The smallest absolute Gasteiger partial charge is 0.278 e. The number of carbonyl (C=O) groups is 1. The average Bonchev–Trinajstić information content (AvgIpc) is 3.24. The molecule has 4 aromatic rings. The van der Waals surface area contributed by atoms with Gasteiger partial charge in [-0.15, -0.1) is 0 Å². The third-order valence-electron chi connectivity index (χ3n) is 5.13. The molecule has 1 aromatic heterocycles. The molecule has 3 aromatic carbocycles. The van der Waals surface area contributed by atoms with Crippen LogP contribution in [0.25, 0.3) is 21.5 Å². The number of hydrogen-bond acceptors (Lipinski definition) is 5. The summed E-state index contributed by atoms with van der Waals surface area (Å²) in [6.07, 6.45) is 1.67. The zero-order chi connectivity index (χ0) is 22.7. The molecule has 0 N–H and O–H groups in total. The van der Waals surface area contributed by atoms with E-state index in [0.717, 1.165) is 38.6 Å². The molecule has 31 heavy (non-hydrogen) atoms. The number of carbonyl (C=O) groups excluding carboxylic acids is 1. The van der Waals surface area contributed by atoms with Crippen molar-refractivity contribution in [3.8, 4) is 17.2 Å². The van der Waals surface area contributed by atoms with Gasteiger partial charge in [0.05, 0.1) is 32.6 Å². The first-order valence-corrected chi connectivity index (χ1v) is 10.2.